The Hall–Kier alpha value is -2.02. The van der Waals surface area contributed by atoms with Gasteiger partial charge in [0.15, 0.2) is 5.16 Å². The largest absolute Gasteiger partial charge is 0.352 e. The number of nitrogens with one attached hydrogen (secondary N) is 1. The fourth-order valence-electron chi connectivity index (χ4n) is 3.20. The van der Waals surface area contributed by atoms with Crippen molar-refractivity contribution in [2.45, 2.75) is 55.5 Å². The summed E-state index contributed by atoms with van der Waals surface area (Å²) < 4.78 is 2.09. The number of carbonyl (C=O) groups excluding carboxylic acids is 1. The number of aromatic nitrogens is 3. The van der Waals surface area contributed by atoms with Crippen molar-refractivity contribution in [2.24, 2.45) is 0 Å². The number of piperidine rings is 1. The Balaban J connectivity index is 1.61. The molecule has 7 heteroatoms. The lowest BCUT2D eigenvalue weighted by molar-refractivity contribution is -0.120. The van der Waals surface area contributed by atoms with Crippen LogP contribution in [-0.2, 0) is 4.79 Å². The van der Waals surface area contributed by atoms with Crippen molar-refractivity contribution in [3.05, 3.63) is 30.3 Å². The maximum absolute atomic E-state index is 12.4. The molecule has 0 radical (unpaired) electrons. The minimum absolute atomic E-state index is 0.0830. The molecule has 2 heterocycles. The topological polar surface area (TPSA) is 63.1 Å². The maximum atomic E-state index is 12.4. The highest BCUT2D eigenvalue weighted by Crippen LogP contribution is 2.31. The molecule has 1 N–H and O–H groups in total. The first-order valence-corrected chi connectivity index (χ1v) is 10.3. The lowest BCUT2D eigenvalue weighted by atomic mass is 10.1. The van der Waals surface area contributed by atoms with Crippen LogP contribution in [0.1, 0.15) is 39.0 Å². The third kappa shape index (κ3) is 3.87. The van der Waals surface area contributed by atoms with Crippen LogP contribution in [0.5, 0.6) is 0 Å². The van der Waals surface area contributed by atoms with Gasteiger partial charge in [-0.3, -0.25) is 9.36 Å². The molecule has 26 heavy (non-hydrogen) atoms. The summed E-state index contributed by atoms with van der Waals surface area (Å²) >= 11 is 1.48. The summed E-state index contributed by atoms with van der Waals surface area (Å²) in [6.07, 6.45) is 5.84. The minimum atomic E-state index is -0.198. The molecule has 4 rings (SSSR count). The Bertz CT molecular complexity index is 753. The molecule has 2 aromatic rings. The zero-order valence-electron chi connectivity index (χ0n) is 15.1. The van der Waals surface area contributed by atoms with Crippen molar-refractivity contribution >= 4 is 23.6 Å². The van der Waals surface area contributed by atoms with Crippen molar-refractivity contribution in [3.63, 3.8) is 0 Å². The molecule has 1 aromatic heterocycles. The number of nitrogens with zero attached hydrogens (tertiary/aromatic N) is 4. The van der Waals surface area contributed by atoms with Gasteiger partial charge in [-0.15, -0.1) is 10.2 Å². The normalized spacial score (nSPS) is 18.6. The van der Waals surface area contributed by atoms with Crippen molar-refractivity contribution in [1.82, 2.24) is 20.1 Å². The van der Waals surface area contributed by atoms with Crippen LogP contribution >= 0.6 is 11.8 Å². The molecule has 1 aliphatic carbocycles. The molecular formula is C19H25N5OS. The lowest BCUT2D eigenvalue weighted by Crippen LogP contribution is -2.33. The van der Waals surface area contributed by atoms with E-state index in [-0.39, 0.29) is 11.2 Å². The Morgan fingerprint density at radius 2 is 1.88 bits per heavy atom. The predicted octanol–water partition coefficient (Wildman–Crippen LogP) is 3.02. The van der Waals surface area contributed by atoms with Crippen molar-refractivity contribution in [2.75, 3.05) is 18.0 Å². The number of thioether (sulfide) groups is 1. The molecule has 1 aromatic carbocycles. The Kier molecular flexibility index (Phi) is 5.15. The molecule has 1 amide bonds. The van der Waals surface area contributed by atoms with Crippen LogP contribution in [0.3, 0.4) is 0 Å². The molecule has 138 valence electrons. The van der Waals surface area contributed by atoms with Gasteiger partial charge in [-0.05, 0) is 51.2 Å². The first kappa shape index (κ1) is 17.4. The standard InChI is InChI=1S/C19H25N5OS/c1-14(17(25)20-15-10-11-15)26-19-22-21-18(23-12-6-3-7-13-23)24(19)16-8-4-2-5-9-16/h2,4-5,8-9,14-15H,3,6-7,10-13H2,1H3,(H,20,25)/t14-/m1/s1. The summed E-state index contributed by atoms with van der Waals surface area (Å²) in [6, 6.07) is 10.6. The second kappa shape index (κ2) is 7.70. The van der Waals surface area contributed by atoms with Gasteiger partial charge in [0, 0.05) is 19.1 Å². The first-order chi connectivity index (χ1) is 12.7. The fourth-order valence-corrected chi connectivity index (χ4v) is 4.07. The van der Waals surface area contributed by atoms with E-state index in [4.69, 9.17) is 0 Å². The van der Waals surface area contributed by atoms with Gasteiger partial charge >= 0.3 is 0 Å². The third-order valence-electron chi connectivity index (χ3n) is 4.84. The molecule has 1 saturated carbocycles. The Morgan fingerprint density at radius 1 is 1.15 bits per heavy atom. The monoisotopic (exact) mass is 371 g/mol. The smallest absolute Gasteiger partial charge is 0.233 e. The number of para-hydroxylation sites is 1. The number of hydrogen-bond donors (Lipinski definition) is 1. The summed E-state index contributed by atoms with van der Waals surface area (Å²) in [5.74, 6) is 0.966. The maximum Gasteiger partial charge on any atom is 0.233 e. The minimum Gasteiger partial charge on any atom is -0.352 e. The second-order valence-electron chi connectivity index (χ2n) is 7.04. The fraction of sp³-hybridized carbons (Fsp3) is 0.526. The zero-order valence-corrected chi connectivity index (χ0v) is 15.9. The highest BCUT2D eigenvalue weighted by Gasteiger charge is 2.28. The summed E-state index contributed by atoms with van der Waals surface area (Å²) in [7, 11) is 0. The van der Waals surface area contributed by atoms with Gasteiger partial charge in [-0.25, -0.2) is 0 Å². The van der Waals surface area contributed by atoms with Crippen LogP contribution in [0.15, 0.2) is 35.5 Å². The van der Waals surface area contributed by atoms with Gasteiger partial charge in [0.25, 0.3) is 0 Å². The van der Waals surface area contributed by atoms with E-state index in [1.807, 2.05) is 25.1 Å². The van der Waals surface area contributed by atoms with Crippen LogP contribution in [0, 0.1) is 0 Å². The highest BCUT2D eigenvalue weighted by molar-refractivity contribution is 8.00. The highest BCUT2D eigenvalue weighted by atomic mass is 32.2. The quantitative estimate of drug-likeness (QED) is 0.791. The van der Waals surface area contributed by atoms with Crippen LogP contribution in [0.25, 0.3) is 5.69 Å². The Morgan fingerprint density at radius 3 is 2.58 bits per heavy atom. The summed E-state index contributed by atoms with van der Waals surface area (Å²) in [5, 5.41) is 12.6. The van der Waals surface area contributed by atoms with E-state index in [0.29, 0.717) is 6.04 Å². The number of hydrogen-bond acceptors (Lipinski definition) is 5. The number of carbonyl (C=O) groups is 1. The van der Waals surface area contributed by atoms with Gasteiger partial charge in [-0.1, -0.05) is 30.0 Å². The number of benzene rings is 1. The van der Waals surface area contributed by atoms with Crippen molar-refractivity contribution in [3.8, 4) is 5.69 Å². The number of amides is 1. The van der Waals surface area contributed by atoms with E-state index in [1.54, 1.807) is 0 Å². The molecule has 6 nitrogen and oxygen atoms in total. The van der Waals surface area contributed by atoms with Gasteiger partial charge in [0.05, 0.1) is 10.9 Å². The average molecular weight is 372 g/mol. The zero-order chi connectivity index (χ0) is 17.9. The van der Waals surface area contributed by atoms with Gasteiger partial charge < -0.3 is 10.2 Å². The summed E-state index contributed by atoms with van der Waals surface area (Å²) in [5.41, 5.74) is 1.04. The lowest BCUT2D eigenvalue weighted by Gasteiger charge is -2.28. The molecular weight excluding hydrogens is 346 g/mol. The average Bonchev–Trinajstić information content (AvgIpc) is 3.40. The molecule has 1 aliphatic heterocycles. The molecule has 0 unspecified atom stereocenters. The number of anilines is 1. The molecule has 2 aliphatic rings. The SMILES string of the molecule is C[C@@H](Sc1nnc(N2CCCCC2)n1-c1ccccc1)C(=O)NC1CC1. The second-order valence-corrected chi connectivity index (χ2v) is 8.35. The van der Waals surface area contributed by atoms with Gasteiger partial charge in [-0.2, -0.15) is 0 Å². The molecule has 1 saturated heterocycles. The van der Waals surface area contributed by atoms with Gasteiger partial charge in [0.2, 0.25) is 11.9 Å². The van der Waals surface area contributed by atoms with Crippen molar-refractivity contribution in [1.29, 1.82) is 0 Å². The summed E-state index contributed by atoms with van der Waals surface area (Å²) in [4.78, 5) is 14.7. The third-order valence-corrected chi connectivity index (χ3v) is 5.89. The van der Waals surface area contributed by atoms with E-state index in [2.05, 4.69) is 37.1 Å². The predicted molar refractivity (Wildman–Crippen MR) is 104 cm³/mol. The first-order valence-electron chi connectivity index (χ1n) is 9.45. The molecule has 1 atom stereocenters. The summed E-state index contributed by atoms with van der Waals surface area (Å²) in [6.45, 7) is 3.95. The van der Waals surface area contributed by atoms with Gasteiger partial charge in [0.1, 0.15) is 0 Å². The molecule has 2 fully saturated rings. The Labute approximate surface area is 158 Å². The van der Waals surface area contributed by atoms with Crippen LogP contribution in [-0.4, -0.2) is 45.1 Å². The molecule has 0 bridgehead atoms. The van der Waals surface area contributed by atoms with E-state index in [0.717, 1.165) is 42.7 Å². The van der Waals surface area contributed by atoms with Crippen LogP contribution < -0.4 is 10.2 Å². The van der Waals surface area contributed by atoms with Crippen molar-refractivity contribution < 1.29 is 4.79 Å². The van der Waals surface area contributed by atoms with E-state index < -0.39 is 0 Å². The van der Waals surface area contributed by atoms with E-state index >= 15 is 0 Å². The number of rotatable bonds is 6. The van der Waals surface area contributed by atoms with Crippen LogP contribution in [0.4, 0.5) is 5.95 Å². The molecule has 0 spiro atoms. The van der Waals surface area contributed by atoms with Crippen LogP contribution in [0.2, 0.25) is 0 Å². The van der Waals surface area contributed by atoms with E-state index in [1.165, 1.54) is 31.0 Å². The van der Waals surface area contributed by atoms with E-state index in [9.17, 15) is 4.79 Å².